The predicted octanol–water partition coefficient (Wildman–Crippen LogP) is 6.89. The number of rotatable bonds is 14. The molecule has 2 N–H and O–H groups in total. The zero-order valence-corrected chi connectivity index (χ0v) is 26.0. The fourth-order valence-corrected chi connectivity index (χ4v) is 5.77. The summed E-state index contributed by atoms with van der Waals surface area (Å²) in [4.78, 5) is 0. The van der Waals surface area contributed by atoms with Crippen LogP contribution in [0.5, 0.6) is 5.75 Å². The van der Waals surface area contributed by atoms with Crippen LogP contribution in [-0.4, -0.2) is 42.7 Å². The second-order valence-electron chi connectivity index (χ2n) is 11.6. The molecule has 0 spiro atoms. The van der Waals surface area contributed by atoms with Gasteiger partial charge in [0.15, 0.2) is 0 Å². The molecule has 6 heteroatoms. The molecule has 0 aromatic heterocycles. The number of hydrogen-bond donors (Lipinski definition) is 1. The van der Waals surface area contributed by atoms with Crippen molar-refractivity contribution in [3.8, 4) is 5.75 Å². The SMILES string of the molecule is CCc1ccccc1OC(C)(CN)[C@@H]1O[C@@H](C)[C@@H](OCc2ccccc2)[C@@H](OCc2ccccc2)[C@@H]1OCc1ccccc1. The highest BCUT2D eigenvalue weighted by Gasteiger charge is 2.54. The number of para-hydroxylation sites is 1. The first kappa shape index (κ1) is 31.9. The van der Waals surface area contributed by atoms with E-state index in [1.165, 1.54) is 0 Å². The molecule has 4 aromatic rings. The van der Waals surface area contributed by atoms with Crippen molar-refractivity contribution in [3.63, 3.8) is 0 Å². The van der Waals surface area contributed by atoms with Crippen molar-refractivity contribution in [1.29, 1.82) is 0 Å². The molecular weight excluding hydrogens is 550 g/mol. The topological polar surface area (TPSA) is 72.2 Å². The first-order valence-corrected chi connectivity index (χ1v) is 15.6. The Kier molecular flexibility index (Phi) is 11.2. The zero-order valence-electron chi connectivity index (χ0n) is 26.0. The van der Waals surface area contributed by atoms with E-state index in [4.69, 9.17) is 29.4 Å². The summed E-state index contributed by atoms with van der Waals surface area (Å²) in [5, 5.41) is 0. The van der Waals surface area contributed by atoms with Crippen LogP contribution in [0.25, 0.3) is 0 Å². The van der Waals surface area contributed by atoms with Gasteiger partial charge in [0.1, 0.15) is 35.8 Å². The minimum Gasteiger partial charge on any atom is -0.483 e. The van der Waals surface area contributed by atoms with Crippen molar-refractivity contribution in [3.05, 3.63) is 138 Å². The molecule has 1 saturated heterocycles. The molecule has 0 aliphatic carbocycles. The quantitative estimate of drug-likeness (QED) is 0.171. The van der Waals surface area contributed by atoms with Crippen LogP contribution in [0.4, 0.5) is 0 Å². The molecule has 6 nitrogen and oxygen atoms in total. The Morgan fingerprint density at radius 2 is 1.09 bits per heavy atom. The third kappa shape index (κ3) is 7.95. The van der Waals surface area contributed by atoms with Crippen molar-refractivity contribution < 1.29 is 23.7 Å². The van der Waals surface area contributed by atoms with Gasteiger partial charge in [-0.1, -0.05) is 116 Å². The van der Waals surface area contributed by atoms with Crippen LogP contribution in [0.1, 0.15) is 43.0 Å². The maximum atomic E-state index is 6.84. The van der Waals surface area contributed by atoms with Crippen LogP contribution in [0.3, 0.4) is 0 Å². The molecule has 0 radical (unpaired) electrons. The first-order valence-electron chi connectivity index (χ1n) is 15.6. The fourth-order valence-electron chi connectivity index (χ4n) is 5.77. The fraction of sp³-hybridized carbons (Fsp3) is 0.368. The van der Waals surface area contributed by atoms with Crippen molar-refractivity contribution >= 4 is 0 Å². The zero-order chi connectivity index (χ0) is 30.8. The molecular formula is C38H45NO5. The minimum atomic E-state index is -0.917. The summed E-state index contributed by atoms with van der Waals surface area (Å²) >= 11 is 0. The molecule has 232 valence electrons. The lowest BCUT2D eigenvalue weighted by Gasteiger charge is -2.50. The number of hydrogen-bond acceptors (Lipinski definition) is 6. The van der Waals surface area contributed by atoms with E-state index in [1.54, 1.807) is 0 Å². The van der Waals surface area contributed by atoms with Gasteiger partial charge in [0, 0.05) is 6.54 Å². The molecule has 4 aromatic carbocycles. The first-order chi connectivity index (χ1) is 21.5. The van der Waals surface area contributed by atoms with Crippen LogP contribution >= 0.6 is 0 Å². The van der Waals surface area contributed by atoms with Crippen LogP contribution in [0.2, 0.25) is 0 Å². The Bertz CT molecular complexity index is 1400. The Morgan fingerprint density at radius 3 is 1.59 bits per heavy atom. The summed E-state index contributed by atoms with van der Waals surface area (Å²) in [6.07, 6.45) is -1.44. The van der Waals surface area contributed by atoms with E-state index in [0.717, 1.165) is 34.4 Å². The van der Waals surface area contributed by atoms with Gasteiger partial charge in [-0.15, -0.1) is 0 Å². The second-order valence-corrected chi connectivity index (χ2v) is 11.6. The van der Waals surface area contributed by atoms with Gasteiger partial charge in [0.2, 0.25) is 0 Å². The van der Waals surface area contributed by atoms with Gasteiger partial charge in [-0.2, -0.15) is 0 Å². The van der Waals surface area contributed by atoms with E-state index in [2.05, 4.69) is 49.4 Å². The molecule has 1 unspecified atom stereocenters. The summed E-state index contributed by atoms with van der Waals surface area (Å²) in [6.45, 7) is 7.59. The summed E-state index contributed by atoms with van der Waals surface area (Å²) in [5.74, 6) is 0.796. The normalized spacial score (nSPS) is 23.1. The molecule has 44 heavy (non-hydrogen) atoms. The smallest absolute Gasteiger partial charge is 0.147 e. The van der Waals surface area contributed by atoms with E-state index in [-0.39, 0.29) is 12.6 Å². The minimum absolute atomic E-state index is 0.217. The lowest BCUT2D eigenvalue weighted by atomic mass is 9.85. The van der Waals surface area contributed by atoms with Gasteiger partial charge in [0.05, 0.1) is 25.9 Å². The number of benzene rings is 4. The second kappa shape index (κ2) is 15.5. The monoisotopic (exact) mass is 595 g/mol. The van der Waals surface area contributed by atoms with E-state index >= 15 is 0 Å². The molecule has 0 bridgehead atoms. The highest BCUT2D eigenvalue weighted by molar-refractivity contribution is 5.34. The van der Waals surface area contributed by atoms with Crippen LogP contribution in [0, 0.1) is 0 Å². The van der Waals surface area contributed by atoms with Gasteiger partial charge in [-0.25, -0.2) is 0 Å². The highest BCUT2D eigenvalue weighted by Crippen LogP contribution is 2.37. The average molecular weight is 596 g/mol. The van der Waals surface area contributed by atoms with Crippen molar-refractivity contribution in [2.75, 3.05) is 6.54 Å². The van der Waals surface area contributed by atoms with Gasteiger partial charge in [-0.3, -0.25) is 0 Å². The molecule has 1 fully saturated rings. The van der Waals surface area contributed by atoms with E-state index in [0.29, 0.717) is 19.8 Å². The summed E-state index contributed by atoms with van der Waals surface area (Å²) < 4.78 is 33.8. The standard InChI is InChI=1S/C38H45NO5/c1-4-32-22-14-15-23-33(32)44-38(3,27-39)37-36(42-26-31-20-12-7-13-21-31)35(41-25-30-18-10-6-11-19-30)34(28(2)43-37)40-24-29-16-8-5-9-17-29/h5-23,28,34-37H,4,24-27,39H2,1-3H3/t28-,34+,35+,36-,37+,38?/m0/s1. The molecule has 1 aliphatic rings. The van der Waals surface area contributed by atoms with E-state index in [1.807, 2.05) is 86.6 Å². The molecule has 5 rings (SSSR count). The Hall–Kier alpha value is -3.52. The van der Waals surface area contributed by atoms with Crippen LogP contribution in [-0.2, 0) is 45.2 Å². The third-order valence-electron chi connectivity index (χ3n) is 8.33. The lowest BCUT2D eigenvalue weighted by molar-refractivity contribution is -0.286. The number of nitrogens with two attached hydrogens (primary N) is 1. The molecule has 6 atom stereocenters. The predicted molar refractivity (Wildman–Crippen MR) is 173 cm³/mol. The summed E-state index contributed by atoms with van der Waals surface area (Å²) in [7, 11) is 0. The molecule has 1 aliphatic heterocycles. The molecule has 0 saturated carbocycles. The van der Waals surface area contributed by atoms with Gasteiger partial charge < -0.3 is 29.4 Å². The summed E-state index contributed by atoms with van der Waals surface area (Å²) in [6, 6.07) is 38.6. The number of aryl methyl sites for hydroxylation is 1. The maximum absolute atomic E-state index is 6.84. The Morgan fingerprint density at radius 1 is 0.636 bits per heavy atom. The number of ether oxygens (including phenoxy) is 5. The van der Waals surface area contributed by atoms with Crippen LogP contribution in [0.15, 0.2) is 115 Å². The van der Waals surface area contributed by atoms with E-state index < -0.39 is 30.0 Å². The average Bonchev–Trinajstić information content (AvgIpc) is 3.07. The Balaban J connectivity index is 1.50. The lowest BCUT2D eigenvalue weighted by Crippen LogP contribution is -2.68. The highest BCUT2D eigenvalue weighted by atomic mass is 16.6. The van der Waals surface area contributed by atoms with E-state index in [9.17, 15) is 0 Å². The molecule has 1 heterocycles. The van der Waals surface area contributed by atoms with Gasteiger partial charge in [-0.05, 0) is 48.6 Å². The largest absolute Gasteiger partial charge is 0.483 e. The third-order valence-corrected chi connectivity index (χ3v) is 8.33. The summed E-state index contributed by atoms with van der Waals surface area (Å²) in [5.41, 5.74) is 9.94. The van der Waals surface area contributed by atoms with Gasteiger partial charge in [0.25, 0.3) is 0 Å². The van der Waals surface area contributed by atoms with Crippen molar-refractivity contribution in [2.45, 2.75) is 83.1 Å². The van der Waals surface area contributed by atoms with Crippen molar-refractivity contribution in [2.24, 2.45) is 5.73 Å². The van der Waals surface area contributed by atoms with Gasteiger partial charge >= 0.3 is 0 Å². The molecule has 0 amide bonds. The van der Waals surface area contributed by atoms with Crippen molar-refractivity contribution in [1.82, 2.24) is 0 Å². The Labute approximate surface area is 262 Å². The maximum Gasteiger partial charge on any atom is 0.147 e. The van der Waals surface area contributed by atoms with Crippen LogP contribution < -0.4 is 10.5 Å².